The van der Waals surface area contributed by atoms with Crippen molar-refractivity contribution in [2.45, 2.75) is 85.0 Å². The summed E-state index contributed by atoms with van der Waals surface area (Å²) in [5, 5.41) is 0. The summed E-state index contributed by atoms with van der Waals surface area (Å²) in [6.45, 7) is 12.4. The van der Waals surface area contributed by atoms with E-state index in [1.807, 2.05) is 109 Å². The number of hydrogen-bond acceptors (Lipinski definition) is 5. The fourth-order valence-corrected chi connectivity index (χ4v) is 5.44. The highest BCUT2D eigenvalue weighted by Gasteiger charge is 2.18. The molecule has 0 aliphatic heterocycles. The van der Waals surface area contributed by atoms with Gasteiger partial charge in [-0.2, -0.15) is 0 Å². The first-order chi connectivity index (χ1) is 23.1. The molecule has 0 bridgehead atoms. The van der Waals surface area contributed by atoms with Crippen molar-refractivity contribution in [3.63, 3.8) is 0 Å². The summed E-state index contributed by atoms with van der Waals surface area (Å²) >= 11 is 0. The van der Waals surface area contributed by atoms with Gasteiger partial charge in [-0.1, -0.05) is 130 Å². The van der Waals surface area contributed by atoms with E-state index in [0.717, 1.165) is 43.2 Å². The molecule has 0 saturated carbocycles. The van der Waals surface area contributed by atoms with Crippen molar-refractivity contribution in [3.8, 4) is 0 Å². The van der Waals surface area contributed by atoms with Crippen molar-refractivity contribution in [2.75, 3.05) is 19.8 Å². The van der Waals surface area contributed by atoms with Crippen molar-refractivity contribution < 1.29 is 23.8 Å². The molecule has 5 nitrogen and oxygen atoms in total. The van der Waals surface area contributed by atoms with E-state index in [0.29, 0.717) is 42.1 Å². The molecular formula is C43H52O5. The fraction of sp³-hybridized carbons (Fsp3) is 0.395. The number of aryl methyl sites for hydroxylation is 2. The molecule has 5 heteroatoms. The van der Waals surface area contributed by atoms with Crippen LogP contribution in [0.5, 0.6) is 0 Å². The van der Waals surface area contributed by atoms with Crippen LogP contribution in [-0.2, 0) is 27.1 Å². The lowest BCUT2D eigenvalue weighted by molar-refractivity contribution is -0.0878. The molecule has 254 valence electrons. The first-order valence-electron chi connectivity index (χ1n) is 17.3. The van der Waals surface area contributed by atoms with Crippen molar-refractivity contribution >= 4 is 11.6 Å². The van der Waals surface area contributed by atoms with E-state index in [1.165, 1.54) is 0 Å². The Kier molecular flexibility index (Phi) is 14.3. The van der Waals surface area contributed by atoms with Crippen LogP contribution in [0, 0.1) is 5.41 Å². The van der Waals surface area contributed by atoms with Crippen molar-refractivity contribution in [1.82, 2.24) is 0 Å². The molecule has 0 radical (unpaired) electrons. The third-order valence-electron chi connectivity index (χ3n) is 8.30. The van der Waals surface area contributed by atoms with E-state index < -0.39 is 0 Å². The van der Waals surface area contributed by atoms with E-state index in [-0.39, 0.29) is 35.3 Å². The van der Waals surface area contributed by atoms with Gasteiger partial charge in [-0.05, 0) is 62.5 Å². The molecule has 0 aromatic heterocycles. The molecule has 48 heavy (non-hydrogen) atoms. The van der Waals surface area contributed by atoms with Crippen molar-refractivity contribution in [3.05, 3.63) is 143 Å². The zero-order chi connectivity index (χ0) is 34.4. The Balaban J connectivity index is 1.34. The monoisotopic (exact) mass is 648 g/mol. The molecule has 0 spiro atoms. The minimum Gasteiger partial charge on any atom is -0.379 e. The molecule has 4 aromatic carbocycles. The second-order valence-electron chi connectivity index (χ2n) is 14.0. The Hall–Kier alpha value is -3.90. The number of benzene rings is 4. The van der Waals surface area contributed by atoms with Crippen LogP contribution in [0.1, 0.15) is 96.9 Å². The quantitative estimate of drug-likeness (QED) is 0.0749. The van der Waals surface area contributed by atoms with Crippen LogP contribution in [0.15, 0.2) is 109 Å². The lowest BCUT2D eigenvalue weighted by Gasteiger charge is -2.25. The van der Waals surface area contributed by atoms with Crippen LogP contribution in [0.25, 0.3) is 0 Å². The summed E-state index contributed by atoms with van der Waals surface area (Å²) < 4.78 is 18.9. The Morgan fingerprint density at radius 1 is 0.583 bits per heavy atom. The topological polar surface area (TPSA) is 61.8 Å². The highest BCUT2D eigenvalue weighted by atomic mass is 16.6. The van der Waals surface area contributed by atoms with E-state index in [9.17, 15) is 9.59 Å². The van der Waals surface area contributed by atoms with Gasteiger partial charge < -0.3 is 14.2 Å². The molecule has 4 aromatic rings. The van der Waals surface area contributed by atoms with Crippen LogP contribution in [0.3, 0.4) is 0 Å². The molecule has 0 heterocycles. The van der Waals surface area contributed by atoms with Gasteiger partial charge in [0.1, 0.15) is 0 Å². The lowest BCUT2D eigenvalue weighted by atomic mass is 9.93. The average Bonchev–Trinajstić information content (AvgIpc) is 3.09. The number of ether oxygens (including phenoxy) is 3. The predicted molar refractivity (Wildman–Crippen MR) is 194 cm³/mol. The second-order valence-corrected chi connectivity index (χ2v) is 14.0. The Labute approximate surface area is 287 Å². The fourth-order valence-electron chi connectivity index (χ4n) is 5.44. The SMILES string of the molecule is CC(C)OC(CCc1ccc(C(=O)c2ccccc2)cc1)COC(CCc1ccc(C(=O)c2ccccc2)cc1)COCCC(C)(C)C. The minimum atomic E-state index is -0.0860. The van der Waals surface area contributed by atoms with Gasteiger partial charge in [0, 0.05) is 28.9 Å². The summed E-state index contributed by atoms with van der Waals surface area (Å²) in [6.07, 6.45) is 4.13. The van der Waals surface area contributed by atoms with Gasteiger partial charge in [-0.15, -0.1) is 0 Å². The first-order valence-corrected chi connectivity index (χ1v) is 17.3. The average molecular weight is 649 g/mol. The minimum absolute atomic E-state index is 0.0309. The summed E-state index contributed by atoms with van der Waals surface area (Å²) in [5.41, 5.74) is 5.29. The second kappa shape index (κ2) is 18.6. The Bertz CT molecular complexity index is 1520. The van der Waals surface area contributed by atoms with Crippen molar-refractivity contribution in [2.24, 2.45) is 5.41 Å². The molecule has 0 amide bonds. The molecule has 0 N–H and O–H groups in total. The highest BCUT2D eigenvalue weighted by Crippen LogP contribution is 2.20. The number of rotatable bonds is 19. The normalized spacial score (nSPS) is 13.0. The smallest absolute Gasteiger partial charge is 0.193 e. The lowest BCUT2D eigenvalue weighted by Crippen LogP contribution is -2.30. The first kappa shape index (κ1) is 36.9. The zero-order valence-corrected chi connectivity index (χ0v) is 29.3. The zero-order valence-electron chi connectivity index (χ0n) is 29.3. The van der Waals surface area contributed by atoms with Crippen LogP contribution in [-0.4, -0.2) is 49.7 Å². The van der Waals surface area contributed by atoms with Crippen molar-refractivity contribution in [1.29, 1.82) is 0 Å². The maximum absolute atomic E-state index is 12.8. The summed E-state index contributed by atoms with van der Waals surface area (Å²) in [4.78, 5) is 25.7. The number of ketones is 2. The molecule has 2 unspecified atom stereocenters. The maximum Gasteiger partial charge on any atom is 0.193 e. The van der Waals surface area contributed by atoms with Gasteiger partial charge >= 0.3 is 0 Å². The van der Waals surface area contributed by atoms with Gasteiger partial charge in [0.2, 0.25) is 0 Å². The van der Waals surface area contributed by atoms with Crippen LogP contribution in [0.4, 0.5) is 0 Å². The van der Waals surface area contributed by atoms with Gasteiger partial charge in [0.15, 0.2) is 11.6 Å². The molecule has 0 saturated heterocycles. The standard InChI is InChI=1S/C43H52O5/c1-32(2)48-40(27-21-34-18-24-38(25-19-34)42(45)36-14-10-7-11-15-36)31-47-39(30-46-29-28-43(3,4)5)26-20-33-16-22-37(23-17-33)41(44)35-12-8-6-9-13-35/h6-19,22-25,32,39-40H,20-21,26-31H2,1-5H3. The van der Waals surface area contributed by atoms with Gasteiger partial charge in [-0.3, -0.25) is 9.59 Å². The maximum atomic E-state index is 12.8. The molecule has 0 aliphatic carbocycles. The molecule has 4 rings (SSSR count). The van der Waals surface area contributed by atoms with E-state index in [4.69, 9.17) is 14.2 Å². The van der Waals surface area contributed by atoms with E-state index >= 15 is 0 Å². The number of hydrogen-bond donors (Lipinski definition) is 0. The van der Waals surface area contributed by atoms with Gasteiger partial charge in [-0.25, -0.2) is 0 Å². The van der Waals surface area contributed by atoms with Crippen LogP contribution < -0.4 is 0 Å². The summed E-state index contributed by atoms with van der Waals surface area (Å²) in [7, 11) is 0. The molecule has 0 aliphatic rings. The van der Waals surface area contributed by atoms with Crippen LogP contribution in [0.2, 0.25) is 0 Å². The predicted octanol–water partition coefficient (Wildman–Crippen LogP) is 9.35. The Morgan fingerprint density at radius 2 is 1.02 bits per heavy atom. The largest absolute Gasteiger partial charge is 0.379 e. The number of carbonyl (C=O) groups is 2. The van der Waals surface area contributed by atoms with Crippen LogP contribution >= 0.6 is 0 Å². The molecular weight excluding hydrogens is 596 g/mol. The van der Waals surface area contributed by atoms with Gasteiger partial charge in [0.05, 0.1) is 31.5 Å². The third-order valence-corrected chi connectivity index (χ3v) is 8.30. The van der Waals surface area contributed by atoms with E-state index in [2.05, 4.69) is 34.6 Å². The molecule has 2 atom stereocenters. The van der Waals surface area contributed by atoms with Gasteiger partial charge in [0.25, 0.3) is 0 Å². The molecule has 0 fully saturated rings. The summed E-state index contributed by atoms with van der Waals surface area (Å²) in [6, 6.07) is 34.5. The highest BCUT2D eigenvalue weighted by molar-refractivity contribution is 6.09. The Morgan fingerprint density at radius 3 is 1.46 bits per heavy atom. The summed E-state index contributed by atoms with van der Waals surface area (Å²) in [5.74, 6) is 0.0624. The number of carbonyl (C=O) groups excluding carboxylic acids is 2. The van der Waals surface area contributed by atoms with E-state index in [1.54, 1.807) is 0 Å². The third kappa shape index (κ3) is 12.6.